The molecule has 1 aromatic carbocycles. The highest BCUT2D eigenvalue weighted by molar-refractivity contribution is 5.98. The molecule has 1 atom stereocenters. The number of nitro benzene ring substituents is 1. The molecule has 0 saturated carbocycles. The van der Waals surface area contributed by atoms with E-state index in [4.69, 9.17) is 0 Å². The van der Waals surface area contributed by atoms with Crippen molar-refractivity contribution >= 4 is 11.6 Å². The van der Waals surface area contributed by atoms with Crippen LogP contribution in [0, 0.1) is 21.8 Å². The van der Waals surface area contributed by atoms with Gasteiger partial charge in [0.1, 0.15) is 11.4 Å². The number of hydrogen-bond donors (Lipinski definition) is 1. The molecule has 1 saturated heterocycles. The Morgan fingerprint density at radius 2 is 2.35 bits per heavy atom. The molecule has 7 heteroatoms. The molecule has 1 amide bonds. The first kappa shape index (κ1) is 14.4. The molecule has 1 aliphatic heterocycles. The quantitative estimate of drug-likeness (QED) is 0.669. The van der Waals surface area contributed by atoms with E-state index >= 15 is 0 Å². The van der Waals surface area contributed by atoms with Crippen LogP contribution in [0.3, 0.4) is 0 Å². The molecule has 0 bridgehead atoms. The van der Waals surface area contributed by atoms with Gasteiger partial charge in [0, 0.05) is 19.2 Å². The second-order valence-electron chi connectivity index (χ2n) is 5.05. The summed E-state index contributed by atoms with van der Waals surface area (Å²) in [6.45, 7) is 2.29. The van der Waals surface area contributed by atoms with Gasteiger partial charge in [-0.15, -0.1) is 0 Å². The number of halogens is 1. The van der Waals surface area contributed by atoms with Crippen molar-refractivity contribution in [2.24, 2.45) is 5.92 Å². The molecule has 6 nitrogen and oxygen atoms in total. The molecule has 1 unspecified atom stereocenters. The highest BCUT2D eigenvalue weighted by Gasteiger charge is 2.23. The minimum atomic E-state index is -0.683. The molecule has 2 rings (SSSR count). The number of nitro groups is 1. The monoisotopic (exact) mass is 281 g/mol. The molecule has 1 N–H and O–H groups in total. The maximum absolute atomic E-state index is 13.2. The summed E-state index contributed by atoms with van der Waals surface area (Å²) in [6.07, 6.45) is 0.974. The number of amides is 1. The predicted molar refractivity (Wildman–Crippen MR) is 71.0 cm³/mol. The normalized spacial score (nSPS) is 19.0. The van der Waals surface area contributed by atoms with E-state index in [1.165, 1.54) is 0 Å². The van der Waals surface area contributed by atoms with Crippen molar-refractivity contribution < 1.29 is 14.1 Å². The zero-order chi connectivity index (χ0) is 14.7. The first-order chi connectivity index (χ1) is 9.47. The Morgan fingerprint density at radius 1 is 1.60 bits per heavy atom. The number of carbonyl (C=O) groups is 1. The number of benzene rings is 1. The molecule has 0 aliphatic carbocycles. The lowest BCUT2D eigenvalue weighted by atomic mass is 10.1. The fraction of sp³-hybridized carbons (Fsp3) is 0.462. The molecule has 1 aromatic rings. The number of likely N-dealkylation sites (tertiary alicyclic amines) is 1. The lowest BCUT2D eigenvalue weighted by Gasteiger charge is -2.11. The van der Waals surface area contributed by atoms with E-state index in [-0.39, 0.29) is 11.3 Å². The van der Waals surface area contributed by atoms with Gasteiger partial charge in [0.05, 0.1) is 4.92 Å². The van der Waals surface area contributed by atoms with Gasteiger partial charge in [0.15, 0.2) is 0 Å². The number of carbonyl (C=O) groups excluding carboxylic acids is 1. The molecule has 1 aliphatic rings. The van der Waals surface area contributed by atoms with Gasteiger partial charge < -0.3 is 10.2 Å². The smallest absolute Gasteiger partial charge is 0.282 e. The van der Waals surface area contributed by atoms with Crippen molar-refractivity contribution in [2.75, 3.05) is 26.7 Å². The van der Waals surface area contributed by atoms with Gasteiger partial charge in [-0.3, -0.25) is 14.9 Å². The van der Waals surface area contributed by atoms with Crippen molar-refractivity contribution in [3.63, 3.8) is 0 Å². The molecular weight excluding hydrogens is 265 g/mol. The average Bonchev–Trinajstić information content (AvgIpc) is 2.81. The zero-order valence-electron chi connectivity index (χ0n) is 11.1. The summed E-state index contributed by atoms with van der Waals surface area (Å²) >= 11 is 0. The van der Waals surface area contributed by atoms with Crippen LogP contribution in [0.4, 0.5) is 10.1 Å². The van der Waals surface area contributed by atoms with Crippen molar-refractivity contribution in [1.82, 2.24) is 10.2 Å². The second kappa shape index (κ2) is 5.96. The third-order valence-corrected chi connectivity index (χ3v) is 3.44. The predicted octanol–water partition coefficient (Wildman–Crippen LogP) is 1.42. The van der Waals surface area contributed by atoms with E-state index in [9.17, 15) is 19.3 Å². The Kier molecular flexibility index (Phi) is 4.29. The Labute approximate surface area is 115 Å². The number of nitrogens with zero attached hydrogens (tertiary/aromatic N) is 2. The van der Waals surface area contributed by atoms with E-state index in [1.54, 1.807) is 0 Å². The first-order valence-electron chi connectivity index (χ1n) is 6.38. The SMILES string of the molecule is CN1CCC(CNC(=O)c2cc(F)ccc2[N+](=O)[O-])C1. The standard InChI is InChI=1S/C13H16FN3O3/c1-16-5-4-9(8-16)7-15-13(18)11-6-10(14)2-3-12(11)17(19)20/h2-3,6,9H,4-5,7-8H2,1H3,(H,15,18). The van der Waals surface area contributed by atoms with E-state index in [0.29, 0.717) is 12.5 Å². The summed E-state index contributed by atoms with van der Waals surface area (Å²) in [7, 11) is 2.00. The molecule has 1 heterocycles. The number of rotatable bonds is 4. The summed E-state index contributed by atoms with van der Waals surface area (Å²) in [5, 5.41) is 13.5. The van der Waals surface area contributed by atoms with Crippen LogP contribution in [-0.4, -0.2) is 42.4 Å². The third kappa shape index (κ3) is 3.30. The van der Waals surface area contributed by atoms with Crippen LogP contribution in [0.2, 0.25) is 0 Å². The fourth-order valence-electron chi connectivity index (χ4n) is 2.37. The molecular formula is C13H16FN3O3. The minimum Gasteiger partial charge on any atom is -0.351 e. The Hall–Kier alpha value is -2.02. The van der Waals surface area contributed by atoms with Crippen LogP contribution >= 0.6 is 0 Å². The summed E-state index contributed by atoms with van der Waals surface area (Å²) in [6, 6.07) is 2.88. The van der Waals surface area contributed by atoms with Gasteiger partial charge in [-0.2, -0.15) is 0 Å². The van der Waals surface area contributed by atoms with Crippen LogP contribution in [-0.2, 0) is 0 Å². The summed E-state index contributed by atoms with van der Waals surface area (Å²) in [5.41, 5.74) is -0.617. The summed E-state index contributed by atoms with van der Waals surface area (Å²) in [4.78, 5) is 24.3. The van der Waals surface area contributed by atoms with E-state index in [2.05, 4.69) is 10.2 Å². The van der Waals surface area contributed by atoms with Gasteiger partial charge in [-0.05, 0) is 38.1 Å². The first-order valence-corrected chi connectivity index (χ1v) is 6.38. The number of hydrogen-bond acceptors (Lipinski definition) is 4. The van der Waals surface area contributed by atoms with Gasteiger partial charge in [-0.1, -0.05) is 0 Å². The second-order valence-corrected chi connectivity index (χ2v) is 5.05. The molecule has 0 radical (unpaired) electrons. The molecule has 108 valence electrons. The molecule has 0 aromatic heterocycles. The summed E-state index contributed by atoms with van der Waals surface area (Å²) < 4.78 is 13.2. The molecule has 0 spiro atoms. The molecule has 20 heavy (non-hydrogen) atoms. The topological polar surface area (TPSA) is 75.5 Å². The van der Waals surface area contributed by atoms with E-state index in [0.717, 1.165) is 37.7 Å². The van der Waals surface area contributed by atoms with Gasteiger partial charge in [-0.25, -0.2) is 4.39 Å². The Balaban J connectivity index is 2.05. The maximum atomic E-state index is 13.2. The van der Waals surface area contributed by atoms with Crippen LogP contribution in [0.5, 0.6) is 0 Å². The van der Waals surface area contributed by atoms with Gasteiger partial charge >= 0.3 is 0 Å². The van der Waals surface area contributed by atoms with E-state index < -0.39 is 16.6 Å². The van der Waals surface area contributed by atoms with Crippen LogP contribution in [0.1, 0.15) is 16.8 Å². The summed E-state index contributed by atoms with van der Waals surface area (Å²) in [5.74, 6) is -0.941. The highest BCUT2D eigenvalue weighted by atomic mass is 19.1. The lowest BCUT2D eigenvalue weighted by molar-refractivity contribution is -0.385. The number of nitrogens with one attached hydrogen (secondary N) is 1. The maximum Gasteiger partial charge on any atom is 0.282 e. The van der Waals surface area contributed by atoms with Crippen LogP contribution < -0.4 is 5.32 Å². The van der Waals surface area contributed by atoms with E-state index in [1.807, 2.05) is 7.05 Å². The van der Waals surface area contributed by atoms with Crippen molar-refractivity contribution in [2.45, 2.75) is 6.42 Å². The Morgan fingerprint density at radius 3 is 2.95 bits per heavy atom. The highest BCUT2D eigenvalue weighted by Crippen LogP contribution is 2.20. The van der Waals surface area contributed by atoms with Gasteiger partial charge in [0.25, 0.3) is 11.6 Å². The van der Waals surface area contributed by atoms with Crippen molar-refractivity contribution in [3.8, 4) is 0 Å². The lowest BCUT2D eigenvalue weighted by Crippen LogP contribution is -2.31. The van der Waals surface area contributed by atoms with Crippen molar-refractivity contribution in [3.05, 3.63) is 39.7 Å². The third-order valence-electron chi connectivity index (χ3n) is 3.44. The largest absolute Gasteiger partial charge is 0.351 e. The Bertz CT molecular complexity index is 536. The van der Waals surface area contributed by atoms with Crippen molar-refractivity contribution in [1.29, 1.82) is 0 Å². The zero-order valence-corrected chi connectivity index (χ0v) is 11.1. The fourth-order valence-corrected chi connectivity index (χ4v) is 2.37. The minimum absolute atomic E-state index is 0.235. The van der Waals surface area contributed by atoms with Crippen LogP contribution in [0.25, 0.3) is 0 Å². The van der Waals surface area contributed by atoms with Crippen LogP contribution in [0.15, 0.2) is 18.2 Å². The van der Waals surface area contributed by atoms with Gasteiger partial charge in [0.2, 0.25) is 0 Å². The average molecular weight is 281 g/mol. The molecule has 1 fully saturated rings.